The summed E-state index contributed by atoms with van der Waals surface area (Å²) in [6, 6.07) is 5.89. The van der Waals surface area contributed by atoms with E-state index in [-0.39, 0.29) is 17.6 Å². The van der Waals surface area contributed by atoms with Crippen LogP contribution in [0.2, 0.25) is 0 Å². The highest BCUT2D eigenvalue weighted by molar-refractivity contribution is 5.84. The Morgan fingerprint density at radius 1 is 1.23 bits per heavy atom. The molecule has 6 nitrogen and oxygen atoms in total. The maximum atomic E-state index is 13.0. The summed E-state index contributed by atoms with van der Waals surface area (Å²) in [6.07, 6.45) is 0.562. The Kier molecular flexibility index (Phi) is 7.38. The molecule has 0 aromatic heterocycles. The van der Waals surface area contributed by atoms with Gasteiger partial charge in [-0.2, -0.15) is 0 Å². The van der Waals surface area contributed by atoms with E-state index in [0.29, 0.717) is 13.0 Å². The van der Waals surface area contributed by atoms with Crippen LogP contribution in [0.5, 0.6) is 0 Å². The lowest BCUT2D eigenvalue weighted by molar-refractivity contribution is -0.892. The largest absolute Gasteiger partial charge is 0.467 e. The van der Waals surface area contributed by atoms with Crippen LogP contribution in [0.3, 0.4) is 0 Å². The van der Waals surface area contributed by atoms with Gasteiger partial charge in [0.1, 0.15) is 11.9 Å². The molecule has 0 radical (unpaired) electrons. The van der Waals surface area contributed by atoms with E-state index < -0.39 is 12.0 Å². The number of carbonyl (C=O) groups is 2. The molecule has 0 aliphatic carbocycles. The Labute approximate surface area is 154 Å². The Balaban J connectivity index is 1.81. The maximum Gasteiger partial charge on any atom is 0.328 e. The third-order valence-corrected chi connectivity index (χ3v) is 4.60. The number of nitrogens with zero attached hydrogens (tertiary/aromatic N) is 1. The highest BCUT2D eigenvalue weighted by atomic mass is 19.1. The van der Waals surface area contributed by atoms with E-state index in [1.807, 2.05) is 13.8 Å². The van der Waals surface area contributed by atoms with Gasteiger partial charge in [0.15, 0.2) is 6.54 Å². The quantitative estimate of drug-likeness (QED) is 0.679. The number of halogens is 1. The molecule has 7 heteroatoms. The summed E-state index contributed by atoms with van der Waals surface area (Å²) in [4.78, 5) is 27.5. The number of quaternary nitrogens is 1. The predicted molar refractivity (Wildman–Crippen MR) is 97.6 cm³/mol. The van der Waals surface area contributed by atoms with Crippen LogP contribution >= 0.6 is 0 Å². The van der Waals surface area contributed by atoms with Crippen LogP contribution in [0, 0.1) is 11.7 Å². The average molecular weight is 366 g/mol. The van der Waals surface area contributed by atoms with Crippen LogP contribution in [0.15, 0.2) is 24.3 Å². The van der Waals surface area contributed by atoms with Gasteiger partial charge >= 0.3 is 5.97 Å². The van der Waals surface area contributed by atoms with Gasteiger partial charge in [-0.05, 0) is 36.6 Å². The molecule has 1 aliphatic heterocycles. The molecule has 1 aliphatic rings. The molecule has 1 saturated heterocycles. The molecule has 26 heavy (non-hydrogen) atoms. The summed E-state index contributed by atoms with van der Waals surface area (Å²) in [7, 11) is 1.34. The summed E-state index contributed by atoms with van der Waals surface area (Å²) in [5.74, 6) is -0.489. The van der Waals surface area contributed by atoms with Gasteiger partial charge in [-0.15, -0.1) is 0 Å². The Hall–Kier alpha value is -2.15. The molecule has 1 aromatic carbocycles. The summed E-state index contributed by atoms with van der Waals surface area (Å²) < 4.78 is 17.8. The van der Waals surface area contributed by atoms with Gasteiger partial charge in [-0.25, -0.2) is 9.18 Å². The minimum Gasteiger partial charge on any atom is -0.467 e. The standard InChI is InChI=1S/C19H28FN3O3/c1-14(2)12-17(19(25)26-3)21-18(24)13-22-8-10-23(11-9-22)16-6-4-15(20)5-7-16/h4-7,14,17H,8-13H2,1-3H3,(H,21,24)/p+1/t17-/m1/s1. The van der Waals surface area contributed by atoms with E-state index in [1.165, 1.54) is 24.1 Å². The number of anilines is 1. The Morgan fingerprint density at radius 2 is 1.85 bits per heavy atom. The molecule has 1 aromatic rings. The van der Waals surface area contributed by atoms with E-state index in [0.717, 1.165) is 31.9 Å². The lowest BCUT2D eigenvalue weighted by Crippen LogP contribution is -3.16. The lowest BCUT2D eigenvalue weighted by atomic mass is 10.0. The summed E-state index contributed by atoms with van der Waals surface area (Å²) >= 11 is 0. The van der Waals surface area contributed by atoms with Gasteiger partial charge in [0.05, 0.1) is 33.3 Å². The normalized spacial score (nSPS) is 16.4. The monoisotopic (exact) mass is 366 g/mol. The third kappa shape index (κ3) is 5.98. The fraction of sp³-hybridized carbons (Fsp3) is 0.579. The fourth-order valence-electron chi connectivity index (χ4n) is 3.21. The molecule has 2 rings (SSSR count). The van der Waals surface area contributed by atoms with Gasteiger partial charge in [0, 0.05) is 5.69 Å². The molecule has 0 spiro atoms. The summed E-state index contributed by atoms with van der Waals surface area (Å²) in [6.45, 7) is 7.59. The van der Waals surface area contributed by atoms with Crippen molar-refractivity contribution in [2.45, 2.75) is 26.3 Å². The Morgan fingerprint density at radius 3 is 2.38 bits per heavy atom. The average Bonchev–Trinajstić information content (AvgIpc) is 2.61. The van der Waals surface area contributed by atoms with Crippen LogP contribution < -0.4 is 15.1 Å². The van der Waals surface area contributed by atoms with Gasteiger partial charge < -0.3 is 19.9 Å². The molecule has 2 N–H and O–H groups in total. The van der Waals surface area contributed by atoms with E-state index in [4.69, 9.17) is 4.74 Å². The Bertz CT molecular complexity index is 599. The van der Waals surface area contributed by atoms with Crippen molar-refractivity contribution >= 4 is 17.6 Å². The first-order valence-corrected chi connectivity index (χ1v) is 9.10. The van der Waals surface area contributed by atoms with E-state index in [9.17, 15) is 14.0 Å². The van der Waals surface area contributed by atoms with E-state index in [1.54, 1.807) is 12.1 Å². The number of nitrogens with one attached hydrogen (secondary N) is 2. The van der Waals surface area contributed by atoms with Crippen molar-refractivity contribution < 1.29 is 23.6 Å². The van der Waals surface area contributed by atoms with Gasteiger partial charge in [0.25, 0.3) is 5.91 Å². The van der Waals surface area contributed by atoms with Gasteiger partial charge in [0.2, 0.25) is 0 Å². The zero-order chi connectivity index (χ0) is 19.1. The first-order chi connectivity index (χ1) is 12.4. The molecular weight excluding hydrogens is 337 g/mol. The molecular formula is C19H29FN3O3+. The van der Waals surface area contributed by atoms with Crippen molar-refractivity contribution in [1.29, 1.82) is 0 Å². The number of hydrogen-bond acceptors (Lipinski definition) is 4. The molecule has 1 atom stereocenters. The van der Waals surface area contributed by atoms with Crippen molar-refractivity contribution in [2.75, 3.05) is 44.7 Å². The maximum absolute atomic E-state index is 13.0. The second-order valence-corrected chi connectivity index (χ2v) is 7.16. The van der Waals surface area contributed by atoms with Crippen molar-refractivity contribution in [3.8, 4) is 0 Å². The van der Waals surface area contributed by atoms with Crippen LogP contribution in [0.25, 0.3) is 0 Å². The zero-order valence-corrected chi connectivity index (χ0v) is 15.8. The number of carbonyl (C=O) groups excluding carboxylic acids is 2. The summed E-state index contributed by atoms with van der Waals surface area (Å²) in [5.41, 5.74) is 0.998. The van der Waals surface area contributed by atoms with Crippen molar-refractivity contribution in [3.63, 3.8) is 0 Å². The molecule has 1 fully saturated rings. The highest BCUT2D eigenvalue weighted by Gasteiger charge is 2.26. The second kappa shape index (κ2) is 9.52. The molecule has 1 heterocycles. The number of methoxy groups -OCH3 is 1. The third-order valence-electron chi connectivity index (χ3n) is 4.60. The SMILES string of the molecule is COC(=O)[C@@H](CC(C)C)NC(=O)C[NH+]1CCN(c2ccc(F)cc2)CC1. The number of hydrogen-bond donors (Lipinski definition) is 2. The van der Waals surface area contributed by atoms with Crippen LogP contribution in [-0.4, -0.2) is 57.8 Å². The van der Waals surface area contributed by atoms with Gasteiger partial charge in [-0.1, -0.05) is 13.8 Å². The van der Waals surface area contributed by atoms with Crippen molar-refractivity contribution in [2.24, 2.45) is 5.92 Å². The number of amides is 1. The molecule has 0 bridgehead atoms. The van der Waals surface area contributed by atoms with E-state index >= 15 is 0 Å². The molecule has 144 valence electrons. The summed E-state index contributed by atoms with van der Waals surface area (Å²) in [5, 5.41) is 2.81. The van der Waals surface area contributed by atoms with Crippen molar-refractivity contribution in [3.05, 3.63) is 30.1 Å². The number of piperazine rings is 1. The number of ether oxygens (including phenoxy) is 1. The topological polar surface area (TPSA) is 63.1 Å². The zero-order valence-electron chi connectivity index (χ0n) is 15.8. The first-order valence-electron chi connectivity index (χ1n) is 9.10. The number of benzene rings is 1. The molecule has 0 saturated carbocycles. The predicted octanol–water partition coefficient (Wildman–Crippen LogP) is 0.235. The lowest BCUT2D eigenvalue weighted by Gasteiger charge is -2.33. The van der Waals surface area contributed by atoms with Gasteiger partial charge in [-0.3, -0.25) is 4.79 Å². The van der Waals surface area contributed by atoms with Crippen LogP contribution in [0.4, 0.5) is 10.1 Å². The molecule has 0 unspecified atom stereocenters. The molecule has 1 amide bonds. The number of rotatable bonds is 7. The first kappa shape index (κ1) is 20.2. The van der Waals surface area contributed by atoms with E-state index in [2.05, 4.69) is 10.2 Å². The minimum atomic E-state index is -0.590. The minimum absolute atomic E-state index is 0.133. The smallest absolute Gasteiger partial charge is 0.328 e. The van der Waals surface area contributed by atoms with Crippen LogP contribution in [-0.2, 0) is 14.3 Å². The van der Waals surface area contributed by atoms with Crippen molar-refractivity contribution in [1.82, 2.24) is 5.32 Å². The highest BCUT2D eigenvalue weighted by Crippen LogP contribution is 2.14. The van der Waals surface area contributed by atoms with Crippen LogP contribution in [0.1, 0.15) is 20.3 Å². The fourth-order valence-corrected chi connectivity index (χ4v) is 3.21. The number of esters is 1. The second-order valence-electron chi connectivity index (χ2n) is 7.16.